The largest absolute Gasteiger partial charge is 0.356 e. The maximum absolute atomic E-state index is 11.7. The second-order valence-corrected chi connectivity index (χ2v) is 5.34. The van der Waals surface area contributed by atoms with Gasteiger partial charge in [0, 0.05) is 13.0 Å². The molecule has 0 bridgehead atoms. The molecule has 0 radical (unpaired) electrons. The summed E-state index contributed by atoms with van der Waals surface area (Å²) in [5, 5.41) is 6.35. The average molecular weight is 297 g/mol. The Morgan fingerprint density at radius 3 is 2.80 bits per heavy atom. The fourth-order valence-corrected chi connectivity index (χ4v) is 2.55. The Hall–Kier alpha value is -1.06. The van der Waals surface area contributed by atoms with Crippen LogP contribution in [0.3, 0.4) is 0 Å². The minimum absolute atomic E-state index is 0. The van der Waals surface area contributed by atoms with Gasteiger partial charge in [0.15, 0.2) is 0 Å². The van der Waals surface area contributed by atoms with Gasteiger partial charge in [-0.15, -0.1) is 12.4 Å². The lowest BCUT2D eigenvalue weighted by molar-refractivity contribution is -0.121. The first-order valence-electron chi connectivity index (χ1n) is 7.36. The van der Waals surface area contributed by atoms with E-state index in [1.807, 2.05) is 6.07 Å². The zero-order chi connectivity index (χ0) is 13.3. The van der Waals surface area contributed by atoms with E-state index in [4.69, 9.17) is 0 Å². The number of nitrogens with one attached hydrogen (secondary N) is 2. The lowest BCUT2D eigenvalue weighted by Crippen LogP contribution is -2.25. The normalized spacial score (nSPS) is 17.5. The first-order valence-corrected chi connectivity index (χ1v) is 7.36. The van der Waals surface area contributed by atoms with Gasteiger partial charge in [-0.3, -0.25) is 4.79 Å². The van der Waals surface area contributed by atoms with E-state index in [0.717, 1.165) is 38.9 Å². The first kappa shape index (κ1) is 17.0. The van der Waals surface area contributed by atoms with Crippen molar-refractivity contribution in [2.24, 2.45) is 5.92 Å². The molecule has 1 fully saturated rings. The summed E-state index contributed by atoms with van der Waals surface area (Å²) in [5.74, 6) is 0.912. The Kier molecular flexibility index (Phi) is 8.31. The van der Waals surface area contributed by atoms with E-state index < -0.39 is 0 Å². The summed E-state index contributed by atoms with van der Waals surface area (Å²) in [6, 6.07) is 10.4. The van der Waals surface area contributed by atoms with Crippen molar-refractivity contribution in [1.29, 1.82) is 0 Å². The molecule has 1 aromatic carbocycles. The fourth-order valence-electron chi connectivity index (χ4n) is 2.55. The lowest BCUT2D eigenvalue weighted by Gasteiger charge is -2.08. The van der Waals surface area contributed by atoms with Crippen LogP contribution in [-0.4, -0.2) is 25.5 Å². The van der Waals surface area contributed by atoms with Crippen LogP contribution in [0.5, 0.6) is 0 Å². The molecule has 2 rings (SSSR count). The highest BCUT2D eigenvalue weighted by molar-refractivity contribution is 5.85. The molecule has 0 saturated carbocycles. The van der Waals surface area contributed by atoms with Gasteiger partial charge in [-0.05, 0) is 50.3 Å². The Bertz CT molecular complexity index is 377. The Morgan fingerprint density at radius 2 is 2.10 bits per heavy atom. The number of benzene rings is 1. The van der Waals surface area contributed by atoms with Crippen LogP contribution < -0.4 is 10.6 Å². The van der Waals surface area contributed by atoms with Gasteiger partial charge in [-0.2, -0.15) is 0 Å². The summed E-state index contributed by atoms with van der Waals surface area (Å²) in [6.45, 7) is 2.99. The van der Waals surface area contributed by atoms with Gasteiger partial charge in [0.2, 0.25) is 5.91 Å². The highest BCUT2D eigenvalue weighted by Gasteiger charge is 2.15. The summed E-state index contributed by atoms with van der Waals surface area (Å²) < 4.78 is 0. The van der Waals surface area contributed by atoms with E-state index >= 15 is 0 Å². The van der Waals surface area contributed by atoms with Crippen molar-refractivity contribution >= 4 is 18.3 Å². The summed E-state index contributed by atoms with van der Waals surface area (Å²) >= 11 is 0. The highest BCUT2D eigenvalue weighted by Crippen LogP contribution is 2.13. The van der Waals surface area contributed by atoms with Gasteiger partial charge in [-0.25, -0.2) is 0 Å². The molecule has 1 aliphatic heterocycles. The topological polar surface area (TPSA) is 41.1 Å². The number of hydrogen-bond donors (Lipinski definition) is 2. The summed E-state index contributed by atoms with van der Waals surface area (Å²) in [4.78, 5) is 11.7. The molecular weight excluding hydrogens is 272 g/mol. The van der Waals surface area contributed by atoms with E-state index in [-0.39, 0.29) is 18.3 Å². The van der Waals surface area contributed by atoms with Crippen molar-refractivity contribution in [3.63, 3.8) is 0 Å². The molecule has 1 heterocycles. The second-order valence-electron chi connectivity index (χ2n) is 5.34. The number of amides is 1. The van der Waals surface area contributed by atoms with E-state index in [9.17, 15) is 4.79 Å². The molecule has 1 atom stereocenters. The van der Waals surface area contributed by atoms with Crippen LogP contribution in [-0.2, 0) is 11.2 Å². The Balaban J connectivity index is 0.00000200. The van der Waals surface area contributed by atoms with Gasteiger partial charge in [0.1, 0.15) is 0 Å². The molecule has 0 spiro atoms. The molecule has 20 heavy (non-hydrogen) atoms. The van der Waals surface area contributed by atoms with Gasteiger partial charge in [0.25, 0.3) is 0 Å². The third-order valence-corrected chi connectivity index (χ3v) is 3.75. The van der Waals surface area contributed by atoms with Gasteiger partial charge >= 0.3 is 0 Å². The molecule has 0 aromatic heterocycles. The maximum Gasteiger partial charge on any atom is 0.220 e. The lowest BCUT2D eigenvalue weighted by atomic mass is 10.0. The summed E-state index contributed by atoms with van der Waals surface area (Å²) in [7, 11) is 0. The third kappa shape index (κ3) is 6.40. The minimum Gasteiger partial charge on any atom is -0.356 e. The van der Waals surface area contributed by atoms with Crippen LogP contribution in [0.2, 0.25) is 0 Å². The standard InChI is InChI=1S/C16H24N2O.ClH/c19-16(9-8-15-10-12-17-13-15)18-11-4-7-14-5-2-1-3-6-14;/h1-3,5-6,15,17H,4,7-13H2,(H,18,19);1H. The smallest absolute Gasteiger partial charge is 0.220 e. The second kappa shape index (κ2) is 9.78. The molecule has 1 unspecified atom stereocenters. The van der Waals surface area contributed by atoms with Gasteiger partial charge in [0.05, 0.1) is 0 Å². The molecule has 3 nitrogen and oxygen atoms in total. The van der Waals surface area contributed by atoms with Crippen molar-refractivity contribution in [1.82, 2.24) is 10.6 Å². The Morgan fingerprint density at radius 1 is 1.30 bits per heavy atom. The molecule has 1 amide bonds. The predicted octanol–water partition coefficient (Wildman–Crippen LogP) is 2.55. The van der Waals surface area contributed by atoms with Crippen LogP contribution in [0.1, 0.15) is 31.2 Å². The monoisotopic (exact) mass is 296 g/mol. The zero-order valence-corrected chi connectivity index (χ0v) is 12.8. The van der Waals surface area contributed by atoms with E-state index in [1.165, 1.54) is 12.0 Å². The van der Waals surface area contributed by atoms with Crippen molar-refractivity contribution in [2.45, 2.75) is 32.1 Å². The average Bonchev–Trinajstić information content (AvgIpc) is 2.96. The van der Waals surface area contributed by atoms with Crippen LogP contribution in [0.25, 0.3) is 0 Å². The number of carbonyl (C=O) groups excluding carboxylic acids is 1. The van der Waals surface area contributed by atoms with E-state index in [1.54, 1.807) is 0 Å². The van der Waals surface area contributed by atoms with Gasteiger partial charge < -0.3 is 10.6 Å². The molecule has 1 saturated heterocycles. The third-order valence-electron chi connectivity index (χ3n) is 3.75. The number of halogens is 1. The SMILES string of the molecule is Cl.O=C(CCC1CCNC1)NCCCc1ccccc1. The summed E-state index contributed by atoms with van der Waals surface area (Å²) in [6.07, 6.45) is 4.98. The molecule has 1 aliphatic rings. The van der Waals surface area contributed by atoms with E-state index in [2.05, 4.69) is 34.9 Å². The van der Waals surface area contributed by atoms with Crippen molar-refractivity contribution in [2.75, 3.05) is 19.6 Å². The maximum atomic E-state index is 11.7. The minimum atomic E-state index is 0. The highest BCUT2D eigenvalue weighted by atomic mass is 35.5. The molecule has 0 aliphatic carbocycles. The Labute approximate surface area is 127 Å². The van der Waals surface area contributed by atoms with Crippen molar-refractivity contribution in [3.05, 3.63) is 35.9 Å². The van der Waals surface area contributed by atoms with Crippen LogP contribution in [0, 0.1) is 5.92 Å². The number of hydrogen-bond acceptors (Lipinski definition) is 2. The number of carbonyl (C=O) groups is 1. The zero-order valence-electron chi connectivity index (χ0n) is 11.9. The number of aryl methyl sites for hydroxylation is 1. The quantitative estimate of drug-likeness (QED) is 0.759. The van der Waals surface area contributed by atoms with Gasteiger partial charge in [-0.1, -0.05) is 30.3 Å². The molecule has 112 valence electrons. The number of rotatable bonds is 7. The van der Waals surface area contributed by atoms with Crippen molar-refractivity contribution in [3.8, 4) is 0 Å². The van der Waals surface area contributed by atoms with Crippen LogP contribution in [0.4, 0.5) is 0 Å². The molecule has 2 N–H and O–H groups in total. The summed E-state index contributed by atoms with van der Waals surface area (Å²) in [5.41, 5.74) is 1.34. The molecule has 1 aromatic rings. The fraction of sp³-hybridized carbons (Fsp3) is 0.562. The molecular formula is C16H25ClN2O. The van der Waals surface area contributed by atoms with Crippen LogP contribution >= 0.6 is 12.4 Å². The van der Waals surface area contributed by atoms with Crippen molar-refractivity contribution < 1.29 is 4.79 Å². The van der Waals surface area contributed by atoms with E-state index in [0.29, 0.717) is 12.3 Å². The van der Waals surface area contributed by atoms with Crippen LogP contribution in [0.15, 0.2) is 30.3 Å². The first-order chi connectivity index (χ1) is 9.34. The predicted molar refractivity (Wildman–Crippen MR) is 85.2 cm³/mol. The molecule has 4 heteroatoms.